The molecule has 0 aromatic carbocycles. The van der Waals surface area contributed by atoms with Gasteiger partial charge >= 0.3 is 12.1 Å². The molecular formula is C18H29NO6. The monoisotopic (exact) mass is 355 g/mol. The molecule has 1 saturated carbocycles. The molecule has 0 radical (unpaired) electrons. The Bertz CT molecular complexity index is 554. The van der Waals surface area contributed by atoms with Crippen LogP contribution in [0.25, 0.3) is 0 Å². The lowest BCUT2D eigenvalue weighted by atomic mass is 9.86. The molecule has 1 spiro atoms. The number of esters is 1. The summed E-state index contributed by atoms with van der Waals surface area (Å²) in [6.07, 6.45) is 1.33. The molecule has 1 aliphatic heterocycles. The maximum atomic E-state index is 12.7. The van der Waals surface area contributed by atoms with E-state index in [2.05, 4.69) is 0 Å². The molecule has 1 saturated heterocycles. The van der Waals surface area contributed by atoms with E-state index in [0.29, 0.717) is 6.42 Å². The number of Topliss-reactive ketones (excluding diaryl/α,β-unsaturated/α-hetero) is 1. The topological polar surface area (TPSA) is 82.1 Å². The number of methoxy groups -OCH3 is 2. The highest BCUT2D eigenvalue weighted by Crippen LogP contribution is 2.57. The van der Waals surface area contributed by atoms with Crippen LogP contribution in [0, 0.1) is 11.8 Å². The third-order valence-electron chi connectivity index (χ3n) is 5.12. The van der Waals surface area contributed by atoms with E-state index >= 15 is 0 Å². The minimum Gasteiger partial charge on any atom is -0.468 e. The molecule has 2 aliphatic rings. The van der Waals surface area contributed by atoms with Gasteiger partial charge in [0.05, 0.1) is 25.3 Å². The van der Waals surface area contributed by atoms with Crippen molar-refractivity contribution in [2.24, 2.45) is 11.8 Å². The Balaban J connectivity index is 2.23. The number of piperidine rings is 1. The molecule has 1 amide bonds. The van der Waals surface area contributed by atoms with Crippen molar-refractivity contribution in [1.82, 2.24) is 4.90 Å². The van der Waals surface area contributed by atoms with Gasteiger partial charge in [-0.1, -0.05) is 0 Å². The highest BCUT2D eigenvalue weighted by Gasteiger charge is 2.64. The normalized spacial score (nSPS) is 30.2. The number of carbonyl (C=O) groups is 3. The third-order valence-corrected chi connectivity index (χ3v) is 5.12. The number of ketones is 1. The molecule has 0 aromatic heterocycles. The van der Waals surface area contributed by atoms with Crippen molar-refractivity contribution >= 4 is 17.8 Å². The highest BCUT2D eigenvalue weighted by atomic mass is 16.6. The Labute approximate surface area is 149 Å². The summed E-state index contributed by atoms with van der Waals surface area (Å²) in [5.74, 6) is -1.46. The van der Waals surface area contributed by atoms with Crippen molar-refractivity contribution in [1.29, 1.82) is 0 Å². The van der Waals surface area contributed by atoms with E-state index in [9.17, 15) is 14.4 Å². The fraction of sp³-hybridized carbons (Fsp3) is 0.833. The van der Waals surface area contributed by atoms with Crippen LogP contribution in [0.3, 0.4) is 0 Å². The summed E-state index contributed by atoms with van der Waals surface area (Å²) in [4.78, 5) is 38.6. The SMILES string of the molecule is COC(=O)C1CC2(CC2CC(C)OC)N(C(=O)OC(C)(C)C)CC1=O. The summed E-state index contributed by atoms with van der Waals surface area (Å²) in [5, 5.41) is 0. The van der Waals surface area contributed by atoms with Gasteiger partial charge in [-0.05, 0) is 52.9 Å². The number of nitrogens with zero attached hydrogens (tertiary/aromatic N) is 1. The van der Waals surface area contributed by atoms with E-state index in [1.54, 1.807) is 27.9 Å². The maximum Gasteiger partial charge on any atom is 0.411 e. The van der Waals surface area contributed by atoms with Gasteiger partial charge < -0.3 is 14.2 Å². The van der Waals surface area contributed by atoms with E-state index < -0.39 is 29.1 Å². The third kappa shape index (κ3) is 4.14. The second-order valence-corrected chi connectivity index (χ2v) is 8.10. The van der Waals surface area contributed by atoms with Gasteiger partial charge in [0.2, 0.25) is 0 Å². The van der Waals surface area contributed by atoms with E-state index in [0.717, 1.165) is 12.8 Å². The van der Waals surface area contributed by atoms with Gasteiger partial charge in [-0.3, -0.25) is 14.5 Å². The number of ether oxygens (including phenoxy) is 3. The fourth-order valence-corrected chi connectivity index (χ4v) is 3.67. The first kappa shape index (κ1) is 19.7. The number of likely N-dealkylation sites (tertiary alicyclic amines) is 1. The van der Waals surface area contributed by atoms with Crippen molar-refractivity contribution < 1.29 is 28.6 Å². The molecule has 2 fully saturated rings. The zero-order valence-corrected chi connectivity index (χ0v) is 16.0. The molecule has 1 aliphatic carbocycles. The predicted molar refractivity (Wildman–Crippen MR) is 90.0 cm³/mol. The van der Waals surface area contributed by atoms with Crippen LogP contribution in [0.2, 0.25) is 0 Å². The quantitative estimate of drug-likeness (QED) is 0.568. The minimum absolute atomic E-state index is 0.0408. The van der Waals surface area contributed by atoms with Crippen molar-refractivity contribution in [2.75, 3.05) is 20.8 Å². The van der Waals surface area contributed by atoms with Gasteiger partial charge in [-0.2, -0.15) is 0 Å². The van der Waals surface area contributed by atoms with Crippen LogP contribution in [-0.4, -0.2) is 60.8 Å². The second kappa shape index (κ2) is 6.94. The van der Waals surface area contributed by atoms with Crippen LogP contribution in [0.4, 0.5) is 4.79 Å². The van der Waals surface area contributed by atoms with Gasteiger partial charge in [0, 0.05) is 7.11 Å². The zero-order chi connectivity index (χ0) is 19.0. The number of carbonyl (C=O) groups excluding carboxylic acids is 3. The van der Waals surface area contributed by atoms with E-state index in [1.807, 2.05) is 6.92 Å². The summed E-state index contributed by atoms with van der Waals surface area (Å²) in [6, 6.07) is 0. The van der Waals surface area contributed by atoms with Crippen LogP contribution in [0.1, 0.15) is 47.0 Å². The number of rotatable bonds is 4. The minimum atomic E-state index is -0.813. The molecule has 142 valence electrons. The first-order valence-corrected chi connectivity index (χ1v) is 8.68. The van der Waals surface area contributed by atoms with E-state index in [1.165, 1.54) is 12.0 Å². The molecule has 4 atom stereocenters. The average molecular weight is 355 g/mol. The molecule has 0 bridgehead atoms. The Morgan fingerprint density at radius 1 is 1.28 bits per heavy atom. The lowest BCUT2D eigenvalue weighted by Gasteiger charge is -2.40. The predicted octanol–water partition coefficient (Wildman–Crippen LogP) is 2.17. The number of hydrogen-bond donors (Lipinski definition) is 0. The molecule has 7 heteroatoms. The fourth-order valence-electron chi connectivity index (χ4n) is 3.67. The first-order chi connectivity index (χ1) is 11.5. The zero-order valence-electron chi connectivity index (χ0n) is 16.0. The van der Waals surface area contributed by atoms with E-state index in [4.69, 9.17) is 14.2 Å². The van der Waals surface area contributed by atoms with Gasteiger partial charge in [0.25, 0.3) is 0 Å². The van der Waals surface area contributed by atoms with Gasteiger partial charge in [0.1, 0.15) is 11.5 Å². The summed E-state index contributed by atoms with van der Waals surface area (Å²) in [6.45, 7) is 7.22. The molecule has 4 unspecified atom stereocenters. The smallest absolute Gasteiger partial charge is 0.411 e. The molecule has 25 heavy (non-hydrogen) atoms. The van der Waals surface area contributed by atoms with Gasteiger partial charge in [-0.15, -0.1) is 0 Å². The van der Waals surface area contributed by atoms with Crippen LogP contribution in [0.15, 0.2) is 0 Å². The average Bonchev–Trinajstić information content (AvgIpc) is 3.19. The lowest BCUT2D eigenvalue weighted by Crippen LogP contribution is -2.56. The molecule has 1 heterocycles. The molecular weight excluding hydrogens is 326 g/mol. The summed E-state index contributed by atoms with van der Waals surface area (Å²) in [7, 11) is 2.92. The highest BCUT2D eigenvalue weighted by molar-refractivity contribution is 6.02. The summed E-state index contributed by atoms with van der Waals surface area (Å²) < 4.78 is 15.6. The summed E-state index contributed by atoms with van der Waals surface area (Å²) in [5.41, 5.74) is -1.17. The molecule has 7 nitrogen and oxygen atoms in total. The Morgan fingerprint density at radius 2 is 1.92 bits per heavy atom. The van der Waals surface area contributed by atoms with Gasteiger partial charge in [0.15, 0.2) is 5.78 Å². The number of amides is 1. The van der Waals surface area contributed by atoms with E-state index in [-0.39, 0.29) is 24.3 Å². The Hall–Kier alpha value is -1.63. The Kier molecular flexibility index (Phi) is 5.47. The second-order valence-electron chi connectivity index (χ2n) is 8.10. The van der Waals surface area contributed by atoms with Crippen molar-refractivity contribution in [3.05, 3.63) is 0 Å². The lowest BCUT2D eigenvalue weighted by molar-refractivity contribution is -0.153. The van der Waals surface area contributed by atoms with Crippen molar-refractivity contribution in [3.8, 4) is 0 Å². The van der Waals surface area contributed by atoms with Crippen LogP contribution < -0.4 is 0 Å². The summed E-state index contributed by atoms with van der Waals surface area (Å²) >= 11 is 0. The number of hydrogen-bond acceptors (Lipinski definition) is 6. The Morgan fingerprint density at radius 3 is 2.44 bits per heavy atom. The standard InChI is InChI=1S/C18H29NO6/c1-11(23-5)7-12-8-18(12)9-13(15(21)24-6)14(20)10-19(18)16(22)25-17(2,3)4/h11-13H,7-10H2,1-6H3. The largest absolute Gasteiger partial charge is 0.468 e. The molecule has 2 rings (SSSR count). The van der Waals surface area contributed by atoms with Crippen LogP contribution in [-0.2, 0) is 23.8 Å². The first-order valence-electron chi connectivity index (χ1n) is 8.68. The molecule has 0 aromatic rings. The van der Waals surface area contributed by atoms with Crippen molar-refractivity contribution in [2.45, 2.75) is 64.2 Å². The molecule has 0 N–H and O–H groups in total. The van der Waals surface area contributed by atoms with Crippen LogP contribution >= 0.6 is 0 Å². The van der Waals surface area contributed by atoms with Crippen LogP contribution in [0.5, 0.6) is 0 Å². The maximum absolute atomic E-state index is 12.7. The van der Waals surface area contributed by atoms with Crippen molar-refractivity contribution in [3.63, 3.8) is 0 Å². The van der Waals surface area contributed by atoms with Gasteiger partial charge in [-0.25, -0.2) is 4.79 Å².